The van der Waals surface area contributed by atoms with Crippen molar-refractivity contribution in [2.24, 2.45) is 11.8 Å². The van der Waals surface area contributed by atoms with Crippen LogP contribution in [-0.4, -0.2) is 35.3 Å². The van der Waals surface area contributed by atoms with Gasteiger partial charge in [-0.05, 0) is 60.9 Å². The fourth-order valence-electron chi connectivity index (χ4n) is 5.14. The topological polar surface area (TPSA) is 96.5 Å². The summed E-state index contributed by atoms with van der Waals surface area (Å²) in [4.78, 5) is 38.7. The molecule has 2 unspecified atom stereocenters. The lowest BCUT2D eigenvalue weighted by atomic mass is 10.0. The normalized spacial score (nSPS) is 20.5. The number of rotatable bonds is 7. The first-order chi connectivity index (χ1) is 21.6. The number of nitrogens with one attached hydrogen (secondary N) is 3. The number of hydrogen-bond donors (Lipinski definition) is 3. The van der Waals surface area contributed by atoms with E-state index >= 15 is 4.39 Å². The third-order valence-corrected chi connectivity index (χ3v) is 8.86. The summed E-state index contributed by atoms with van der Waals surface area (Å²) in [6.45, 7) is 0.575. The van der Waals surface area contributed by atoms with Crippen molar-refractivity contribution in [2.45, 2.75) is 29.3 Å². The molecule has 0 radical (unpaired) electrons. The molecule has 244 valence electrons. The van der Waals surface area contributed by atoms with Crippen LogP contribution in [0.5, 0.6) is 0 Å². The van der Waals surface area contributed by atoms with Crippen molar-refractivity contribution < 1.29 is 45.5 Å². The maximum absolute atomic E-state index is 15.2. The predicted octanol–water partition coefficient (Wildman–Crippen LogP) is 7.92. The lowest BCUT2D eigenvalue weighted by Crippen LogP contribution is -2.30. The number of halogens is 9. The summed E-state index contributed by atoms with van der Waals surface area (Å²) >= 11 is 18.6. The van der Waals surface area contributed by atoms with E-state index in [4.69, 9.17) is 39.5 Å². The maximum Gasteiger partial charge on any atom is 0.419 e. The molecule has 1 saturated heterocycles. The standard InChI is InChI=1S/C30H22Cl3F6N3O4/c31-18-5-4-15(40-28(45)23-22(29(23,32)33)13-3-6-19(34)17(10-13)30(37,38)39)11-16(18)27(44)41-21-8-7-20(35)25(24(21)36)42-26(43)14-2-1-9-46-12-14/h3-8,10-11,14,22-23H,1-2,9,12H2,(H,40,45)(H,41,44)(H,42,43)/t14?,22?,23-/m1/s1. The Morgan fingerprint density at radius 2 is 1.61 bits per heavy atom. The number of benzene rings is 3. The zero-order valence-corrected chi connectivity index (χ0v) is 25.5. The zero-order chi connectivity index (χ0) is 33.6. The van der Waals surface area contributed by atoms with Gasteiger partial charge in [0.25, 0.3) is 5.91 Å². The molecule has 7 nitrogen and oxygen atoms in total. The molecular weight excluding hydrogens is 687 g/mol. The Balaban J connectivity index is 1.30. The molecule has 3 amide bonds. The number of hydrogen-bond acceptors (Lipinski definition) is 4. The van der Waals surface area contributed by atoms with Crippen molar-refractivity contribution >= 4 is 69.6 Å². The Morgan fingerprint density at radius 1 is 0.891 bits per heavy atom. The lowest BCUT2D eigenvalue weighted by molar-refractivity contribution is -0.140. The summed E-state index contributed by atoms with van der Waals surface area (Å²) in [7, 11) is 0. The average molecular weight is 709 g/mol. The van der Waals surface area contributed by atoms with Crippen molar-refractivity contribution in [3.8, 4) is 0 Å². The highest BCUT2D eigenvalue weighted by molar-refractivity contribution is 6.53. The van der Waals surface area contributed by atoms with Crippen LogP contribution in [0.4, 0.5) is 43.4 Å². The van der Waals surface area contributed by atoms with Gasteiger partial charge in [-0.1, -0.05) is 17.7 Å². The highest BCUT2D eigenvalue weighted by atomic mass is 35.5. The van der Waals surface area contributed by atoms with Gasteiger partial charge in [-0.3, -0.25) is 14.4 Å². The molecule has 1 heterocycles. The third-order valence-electron chi connectivity index (χ3n) is 7.59. The van der Waals surface area contributed by atoms with Crippen LogP contribution in [-0.2, 0) is 20.5 Å². The Hall–Kier alpha value is -3.52. The lowest BCUT2D eigenvalue weighted by Gasteiger charge is -2.21. The van der Waals surface area contributed by atoms with E-state index in [0.717, 1.165) is 24.3 Å². The quantitative estimate of drug-likeness (QED) is 0.172. The highest BCUT2D eigenvalue weighted by Gasteiger charge is 2.67. The van der Waals surface area contributed by atoms with Gasteiger partial charge in [0.1, 0.15) is 21.7 Å². The molecule has 1 aliphatic carbocycles. The van der Waals surface area contributed by atoms with Crippen LogP contribution in [0, 0.1) is 29.3 Å². The minimum atomic E-state index is -5.00. The molecule has 0 aromatic heterocycles. The van der Waals surface area contributed by atoms with Crippen LogP contribution < -0.4 is 16.0 Å². The first kappa shape index (κ1) is 33.8. The molecule has 46 heavy (non-hydrogen) atoms. The Bertz CT molecular complexity index is 1720. The fourth-order valence-corrected chi connectivity index (χ4v) is 6.18. The molecule has 2 fully saturated rings. The van der Waals surface area contributed by atoms with E-state index in [0.29, 0.717) is 31.6 Å². The van der Waals surface area contributed by atoms with Gasteiger partial charge in [-0.25, -0.2) is 13.2 Å². The van der Waals surface area contributed by atoms with Crippen LogP contribution in [0.2, 0.25) is 5.02 Å². The van der Waals surface area contributed by atoms with Gasteiger partial charge in [0.15, 0.2) is 5.82 Å². The summed E-state index contributed by atoms with van der Waals surface area (Å²) in [5, 5.41) is 6.79. The van der Waals surface area contributed by atoms with Crippen molar-refractivity contribution in [1.82, 2.24) is 0 Å². The van der Waals surface area contributed by atoms with E-state index in [1.165, 1.54) is 12.1 Å². The average Bonchev–Trinajstić information content (AvgIpc) is 3.59. The molecule has 0 spiro atoms. The Labute approximate surface area is 272 Å². The minimum Gasteiger partial charge on any atom is -0.381 e. The first-order valence-corrected chi connectivity index (χ1v) is 14.8. The molecule has 2 aliphatic rings. The van der Waals surface area contributed by atoms with Crippen LogP contribution >= 0.6 is 34.8 Å². The first-order valence-electron chi connectivity index (χ1n) is 13.6. The Kier molecular flexibility index (Phi) is 9.52. The van der Waals surface area contributed by atoms with Gasteiger partial charge >= 0.3 is 6.18 Å². The van der Waals surface area contributed by atoms with Crippen molar-refractivity contribution in [1.29, 1.82) is 0 Å². The number of carbonyl (C=O) groups excluding carboxylic acids is 3. The summed E-state index contributed by atoms with van der Waals surface area (Å²) < 4.78 is 86.5. The number of amides is 3. The molecule has 0 bridgehead atoms. The molecular formula is C30H22Cl3F6N3O4. The molecule has 5 rings (SSSR count). The smallest absolute Gasteiger partial charge is 0.381 e. The van der Waals surface area contributed by atoms with E-state index < -0.39 is 80.4 Å². The van der Waals surface area contributed by atoms with E-state index in [1.807, 2.05) is 0 Å². The molecule has 1 saturated carbocycles. The highest BCUT2D eigenvalue weighted by Crippen LogP contribution is 2.65. The van der Waals surface area contributed by atoms with Crippen LogP contribution in [0.3, 0.4) is 0 Å². The molecule has 3 aromatic rings. The molecule has 1 aliphatic heterocycles. The summed E-state index contributed by atoms with van der Waals surface area (Å²) in [6.07, 6.45) is -3.92. The van der Waals surface area contributed by atoms with Gasteiger partial charge in [-0.15, -0.1) is 23.2 Å². The van der Waals surface area contributed by atoms with Crippen molar-refractivity contribution in [2.75, 3.05) is 29.2 Å². The zero-order valence-electron chi connectivity index (χ0n) is 23.2. The van der Waals surface area contributed by atoms with Crippen molar-refractivity contribution in [3.63, 3.8) is 0 Å². The number of anilines is 3. The summed E-state index contributed by atoms with van der Waals surface area (Å²) in [5.41, 5.74) is -3.17. The van der Waals surface area contributed by atoms with Gasteiger partial charge in [0.2, 0.25) is 11.8 Å². The van der Waals surface area contributed by atoms with Gasteiger partial charge < -0.3 is 20.7 Å². The molecule has 3 N–H and O–H groups in total. The molecule has 3 atom stereocenters. The summed E-state index contributed by atoms with van der Waals surface area (Å²) in [6, 6.07) is 7.64. The number of alkyl halides is 5. The molecule has 3 aromatic carbocycles. The minimum absolute atomic E-state index is 0.00773. The van der Waals surface area contributed by atoms with Gasteiger partial charge in [-0.2, -0.15) is 13.2 Å². The Morgan fingerprint density at radius 3 is 2.28 bits per heavy atom. The van der Waals surface area contributed by atoms with E-state index in [9.17, 15) is 36.3 Å². The van der Waals surface area contributed by atoms with Crippen molar-refractivity contribution in [3.05, 3.63) is 87.7 Å². The third kappa shape index (κ3) is 6.92. The fraction of sp³-hybridized carbons (Fsp3) is 0.300. The number of carbonyl (C=O) groups is 3. The number of ether oxygens (including phenoxy) is 1. The van der Waals surface area contributed by atoms with Crippen LogP contribution in [0.25, 0.3) is 0 Å². The second kappa shape index (κ2) is 12.9. The second-order valence-corrected chi connectivity index (χ2v) is 12.5. The predicted molar refractivity (Wildman–Crippen MR) is 159 cm³/mol. The van der Waals surface area contributed by atoms with Gasteiger partial charge in [0, 0.05) is 18.2 Å². The molecule has 16 heteroatoms. The van der Waals surface area contributed by atoms with Crippen LogP contribution in [0.1, 0.15) is 40.2 Å². The van der Waals surface area contributed by atoms with Gasteiger partial charge in [0.05, 0.1) is 40.3 Å². The second-order valence-electron chi connectivity index (χ2n) is 10.7. The van der Waals surface area contributed by atoms with E-state index in [1.54, 1.807) is 0 Å². The van der Waals surface area contributed by atoms with E-state index in [2.05, 4.69) is 16.0 Å². The monoisotopic (exact) mass is 707 g/mol. The van der Waals surface area contributed by atoms with Crippen LogP contribution in [0.15, 0.2) is 48.5 Å². The summed E-state index contributed by atoms with van der Waals surface area (Å²) in [5.74, 6) is -9.26. The largest absolute Gasteiger partial charge is 0.419 e. The maximum atomic E-state index is 15.2. The SMILES string of the molecule is O=C(Nc1ccc(F)c(NC(=O)C2CCCOC2)c1F)c1cc(NC(=O)[C@H]2C(c3ccc(F)c(C(F)(F)F)c3)C2(Cl)Cl)ccc1Cl. The van der Waals surface area contributed by atoms with E-state index in [-0.39, 0.29) is 28.4 Å².